The minimum Gasteiger partial charge on any atom is -0.302 e. The van der Waals surface area contributed by atoms with Crippen LogP contribution in [0.25, 0.3) is 0 Å². The Hall–Kier alpha value is -0.590. The molecule has 0 radical (unpaired) electrons. The highest BCUT2D eigenvalue weighted by Gasteiger charge is 2.31. The van der Waals surface area contributed by atoms with Gasteiger partial charge in [0.15, 0.2) is 0 Å². The molecule has 0 saturated carbocycles. The number of carbonyl (C=O) groups is 1. The fourth-order valence-corrected chi connectivity index (χ4v) is 1.46. The van der Waals surface area contributed by atoms with E-state index in [1.54, 1.807) is 0 Å². The lowest BCUT2D eigenvalue weighted by Crippen LogP contribution is -2.15. The minimum atomic E-state index is -0.135. The molecule has 56 valence electrons. The Kier molecular flexibility index (Phi) is 1.67. The molecule has 1 unspecified atom stereocenters. The summed E-state index contributed by atoms with van der Waals surface area (Å²) in [4.78, 5) is 10.7. The van der Waals surface area contributed by atoms with Gasteiger partial charge in [0.2, 0.25) is 0 Å². The molecule has 0 bridgehead atoms. The van der Waals surface area contributed by atoms with E-state index < -0.39 is 0 Å². The molecule has 0 fully saturated rings. The monoisotopic (exact) mass is 138 g/mol. The molecule has 1 nitrogen and oxygen atoms in total. The van der Waals surface area contributed by atoms with Gasteiger partial charge in [-0.15, -0.1) is 0 Å². The molecular weight excluding hydrogens is 124 g/mol. The van der Waals surface area contributed by atoms with Gasteiger partial charge < -0.3 is 4.79 Å². The van der Waals surface area contributed by atoms with Gasteiger partial charge in [-0.25, -0.2) is 0 Å². The Morgan fingerprint density at radius 3 is 2.30 bits per heavy atom. The largest absolute Gasteiger partial charge is 0.302 e. The first kappa shape index (κ1) is 7.52. The molecule has 0 heterocycles. The molecule has 1 aliphatic rings. The van der Waals surface area contributed by atoms with Crippen LogP contribution in [0.3, 0.4) is 0 Å². The molecule has 1 heteroatoms. The van der Waals surface area contributed by atoms with Gasteiger partial charge in [-0.2, -0.15) is 0 Å². The Balaban J connectivity index is 2.95. The van der Waals surface area contributed by atoms with Crippen molar-refractivity contribution in [1.29, 1.82) is 0 Å². The normalized spacial score (nSPS) is 33.1. The zero-order chi connectivity index (χ0) is 7.78. The number of hydrogen-bond donors (Lipinski definition) is 0. The van der Waals surface area contributed by atoms with Crippen LogP contribution in [0.4, 0.5) is 0 Å². The second kappa shape index (κ2) is 2.22. The maximum atomic E-state index is 10.7. The van der Waals surface area contributed by atoms with Gasteiger partial charge in [0.25, 0.3) is 0 Å². The number of carbonyl (C=O) groups excluding carboxylic acids is 1. The number of aldehydes is 1. The zero-order valence-electron chi connectivity index (χ0n) is 6.90. The Morgan fingerprint density at radius 1 is 1.50 bits per heavy atom. The second-order valence-electron chi connectivity index (χ2n) is 3.44. The van der Waals surface area contributed by atoms with Crippen LogP contribution >= 0.6 is 0 Å². The van der Waals surface area contributed by atoms with Crippen LogP contribution in [0.2, 0.25) is 0 Å². The third-order valence-electron chi connectivity index (χ3n) is 2.78. The topological polar surface area (TPSA) is 17.1 Å². The summed E-state index contributed by atoms with van der Waals surface area (Å²) in [7, 11) is 0. The summed E-state index contributed by atoms with van der Waals surface area (Å²) in [5.41, 5.74) is 2.54. The maximum Gasteiger partial charge on any atom is 0.129 e. The van der Waals surface area contributed by atoms with E-state index >= 15 is 0 Å². The highest BCUT2D eigenvalue weighted by atomic mass is 16.1. The third-order valence-corrected chi connectivity index (χ3v) is 2.78. The van der Waals surface area contributed by atoms with Crippen molar-refractivity contribution >= 4 is 6.29 Å². The van der Waals surface area contributed by atoms with E-state index in [2.05, 4.69) is 13.8 Å². The minimum absolute atomic E-state index is 0.135. The summed E-state index contributed by atoms with van der Waals surface area (Å²) in [5.74, 6) is 0. The lowest BCUT2D eigenvalue weighted by molar-refractivity contribution is -0.113. The Labute approximate surface area is 62.1 Å². The summed E-state index contributed by atoms with van der Waals surface area (Å²) in [6, 6.07) is 0. The van der Waals surface area contributed by atoms with Crippen molar-refractivity contribution in [3.8, 4) is 0 Å². The van der Waals surface area contributed by atoms with Crippen molar-refractivity contribution in [3.05, 3.63) is 11.1 Å². The molecule has 0 aromatic carbocycles. The molecular formula is C9H14O. The van der Waals surface area contributed by atoms with Crippen molar-refractivity contribution in [2.24, 2.45) is 5.41 Å². The van der Waals surface area contributed by atoms with Gasteiger partial charge in [-0.05, 0) is 33.6 Å². The second-order valence-corrected chi connectivity index (χ2v) is 3.44. The predicted octanol–water partition coefficient (Wildman–Crippen LogP) is 2.32. The van der Waals surface area contributed by atoms with Crippen molar-refractivity contribution < 1.29 is 4.79 Å². The highest BCUT2D eigenvalue weighted by molar-refractivity contribution is 5.66. The summed E-state index contributed by atoms with van der Waals surface area (Å²) in [6.07, 6.45) is 3.19. The van der Waals surface area contributed by atoms with E-state index in [1.165, 1.54) is 11.1 Å². The fraction of sp³-hybridized carbons (Fsp3) is 0.667. The SMILES string of the molecule is CC1=C(C)C(C)(C=O)CC1. The summed E-state index contributed by atoms with van der Waals surface area (Å²) < 4.78 is 0. The molecule has 0 spiro atoms. The van der Waals surface area contributed by atoms with Gasteiger partial charge in [-0.1, -0.05) is 11.1 Å². The van der Waals surface area contributed by atoms with Crippen LogP contribution in [0.15, 0.2) is 11.1 Å². The van der Waals surface area contributed by atoms with E-state index in [-0.39, 0.29) is 5.41 Å². The first-order valence-corrected chi connectivity index (χ1v) is 3.73. The van der Waals surface area contributed by atoms with Crippen molar-refractivity contribution in [3.63, 3.8) is 0 Å². The lowest BCUT2D eigenvalue weighted by Gasteiger charge is -2.16. The third kappa shape index (κ3) is 0.898. The molecule has 0 aromatic heterocycles. The van der Waals surface area contributed by atoms with Gasteiger partial charge in [0, 0.05) is 5.41 Å². The number of hydrogen-bond acceptors (Lipinski definition) is 1. The molecule has 0 aromatic rings. The van der Waals surface area contributed by atoms with E-state index in [0.717, 1.165) is 19.1 Å². The predicted molar refractivity (Wildman–Crippen MR) is 41.8 cm³/mol. The van der Waals surface area contributed by atoms with Crippen molar-refractivity contribution in [1.82, 2.24) is 0 Å². The van der Waals surface area contributed by atoms with Gasteiger partial charge in [0.1, 0.15) is 6.29 Å². The van der Waals surface area contributed by atoms with Gasteiger partial charge in [0.05, 0.1) is 0 Å². The van der Waals surface area contributed by atoms with E-state index in [9.17, 15) is 4.79 Å². The summed E-state index contributed by atoms with van der Waals surface area (Å²) in [6.45, 7) is 6.20. The number of allylic oxidation sites excluding steroid dienone is 2. The van der Waals surface area contributed by atoms with E-state index in [4.69, 9.17) is 0 Å². The molecule has 0 aliphatic heterocycles. The van der Waals surface area contributed by atoms with Crippen LogP contribution in [0.1, 0.15) is 33.6 Å². The van der Waals surface area contributed by atoms with Crippen molar-refractivity contribution in [2.75, 3.05) is 0 Å². The quantitative estimate of drug-likeness (QED) is 0.401. The lowest BCUT2D eigenvalue weighted by atomic mass is 9.86. The summed E-state index contributed by atoms with van der Waals surface area (Å²) >= 11 is 0. The molecule has 10 heavy (non-hydrogen) atoms. The fourth-order valence-electron chi connectivity index (χ4n) is 1.46. The zero-order valence-corrected chi connectivity index (χ0v) is 6.90. The van der Waals surface area contributed by atoms with Crippen molar-refractivity contribution in [2.45, 2.75) is 33.6 Å². The molecule has 1 rings (SSSR count). The summed E-state index contributed by atoms with van der Waals surface area (Å²) in [5, 5.41) is 0. The standard InChI is InChI=1S/C9H14O/c1-7-4-5-9(3,6-10)8(7)2/h6H,4-5H2,1-3H3. The van der Waals surface area contributed by atoms with E-state index in [0.29, 0.717) is 0 Å². The smallest absolute Gasteiger partial charge is 0.129 e. The average molecular weight is 138 g/mol. The first-order valence-electron chi connectivity index (χ1n) is 3.73. The van der Waals surface area contributed by atoms with Crippen LogP contribution < -0.4 is 0 Å². The van der Waals surface area contributed by atoms with E-state index in [1.807, 2.05) is 6.92 Å². The molecule has 0 amide bonds. The van der Waals surface area contributed by atoms with Crippen LogP contribution in [-0.4, -0.2) is 6.29 Å². The average Bonchev–Trinajstić information content (AvgIpc) is 2.19. The Morgan fingerprint density at radius 2 is 2.10 bits per heavy atom. The van der Waals surface area contributed by atoms with Gasteiger partial charge >= 0.3 is 0 Å². The maximum absolute atomic E-state index is 10.7. The van der Waals surface area contributed by atoms with Crippen LogP contribution in [0.5, 0.6) is 0 Å². The molecule has 0 N–H and O–H groups in total. The van der Waals surface area contributed by atoms with Crippen LogP contribution in [0, 0.1) is 5.41 Å². The highest BCUT2D eigenvalue weighted by Crippen LogP contribution is 2.40. The molecule has 0 saturated heterocycles. The van der Waals surface area contributed by atoms with Crippen LogP contribution in [-0.2, 0) is 4.79 Å². The molecule has 1 atom stereocenters. The van der Waals surface area contributed by atoms with Gasteiger partial charge in [-0.3, -0.25) is 0 Å². The Bertz CT molecular complexity index is 191. The molecule has 1 aliphatic carbocycles. The first-order chi connectivity index (χ1) is 4.60. The number of rotatable bonds is 1.